The van der Waals surface area contributed by atoms with Crippen molar-refractivity contribution in [1.82, 2.24) is 4.90 Å². The summed E-state index contributed by atoms with van der Waals surface area (Å²) in [7, 11) is 0. The summed E-state index contributed by atoms with van der Waals surface area (Å²) >= 11 is 5.81. The molecular weight excluding hydrogens is 274 g/mol. The lowest BCUT2D eigenvalue weighted by Crippen LogP contribution is -2.40. The SMILES string of the molecule is CC(c1ccc(F)c(Cl)c1)N1CCC(N)CC1.Cl. The minimum absolute atomic E-state index is 0. The topological polar surface area (TPSA) is 29.3 Å². The lowest BCUT2D eigenvalue weighted by molar-refractivity contribution is 0.163. The summed E-state index contributed by atoms with van der Waals surface area (Å²) in [6.07, 6.45) is 2.05. The first kappa shape index (κ1) is 15.7. The molecule has 102 valence electrons. The number of nitrogens with two attached hydrogens (primary N) is 1. The van der Waals surface area contributed by atoms with Crippen LogP contribution in [-0.4, -0.2) is 24.0 Å². The van der Waals surface area contributed by atoms with Gasteiger partial charge in [-0.25, -0.2) is 4.39 Å². The highest BCUT2D eigenvalue weighted by Crippen LogP contribution is 2.26. The fraction of sp³-hybridized carbons (Fsp3) is 0.538. The van der Waals surface area contributed by atoms with Gasteiger partial charge in [-0.1, -0.05) is 17.7 Å². The first-order chi connectivity index (χ1) is 8.08. The van der Waals surface area contributed by atoms with Crippen LogP contribution in [0.3, 0.4) is 0 Å². The van der Waals surface area contributed by atoms with E-state index in [1.165, 1.54) is 6.07 Å². The van der Waals surface area contributed by atoms with Crippen molar-refractivity contribution in [2.75, 3.05) is 13.1 Å². The Labute approximate surface area is 119 Å². The van der Waals surface area contributed by atoms with Crippen molar-refractivity contribution in [3.63, 3.8) is 0 Å². The summed E-state index contributed by atoms with van der Waals surface area (Å²) < 4.78 is 13.1. The van der Waals surface area contributed by atoms with Crippen molar-refractivity contribution < 1.29 is 4.39 Å². The molecule has 0 spiro atoms. The van der Waals surface area contributed by atoms with Gasteiger partial charge in [-0.3, -0.25) is 4.90 Å². The lowest BCUT2D eigenvalue weighted by atomic mass is 10.0. The van der Waals surface area contributed by atoms with E-state index in [4.69, 9.17) is 17.3 Å². The fourth-order valence-electron chi connectivity index (χ4n) is 2.29. The number of rotatable bonds is 2. The van der Waals surface area contributed by atoms with Gasteiger partial charge in [0.05, 0.1) is 5.02 Å². The predicted octanol–water partition coefficient (Wildman–Crippen LogP) is 3.39. The molecule has 1 fully saturated rings. The number of hydrogen-bond donors (Lipinski definition) is 1. The first-order valence-electron chi connectivity index (χ1n) is 6.02. The molecule has 1 atom stereocenters. The lowest BCUT2D eigenvalue weighted by Gasteiger charge is -2.35. The van der Waals surface area contributed by atoms with Gasteiger partial charge in [-0.15, -0.1) is 12.4 Å². The van der Waals surface area contributed by atoms with E-state index in [-0.39, 0.29) is 29.3 Å². The maximum Gasteiger partial charge on any atom is 0.141 e. The van der Waals surface area contributed by atoms with Gasteiger partial charge < -0.3 is 5.73 Å². The zero-order valence-electron chi connectivity index (χ0n) is 10.4. The Balaban J connectivity index is 0.00000162. The van der Waals surface area contributed by atoms with Crippen molar-refractivity contribution in [2.24, 2.45) is 5.73 Å². The fourth-order valence-corrected chi connectivity index (χ4v) is 2.48. The normalized spacial score (nSPS) is 19.3. The van der Waals surface area contributed by atoms with Crippen molar-refractivity contribution in [2.45, 2.75) is 31.8 Å². The van der Waals surface area contributed by atoms with Crippen molar-refractivity contribution in [3.8, 4) is 0 Å². The molecule has 5 heteroatoms. The van der Waals surface area contributed by atoms with E-state index in [1.807, 2.05) is 0 Å². The van der Waals surface area contributed by atoms with E-state index in [0.29, 0.717) is 6.04 Å². The molecule has 2 N–H and O–H groups in total. The molecule has 0 saturated carbocycles. The molecule has 1 aliphatic heterocycles. The van der Waals surface area contributed by atoms with E-state index >= 15 is 0 Å². The minimum atomic E-state index is -0.358. The van der Waals surface area contributed by atoms with Crippen LogP contribution in [0.1, 0.15) is 31.4 Å². The number of nitrogens with zero attached hydrogens (tertiary/aromatic N) is 1. The highest BCUT2D eigenvalue weighted by Gasteiger charge is 2.21. The quantitative estimate of drug-likeness (QED) is 0.905. The largest absolute Gasteiger partial charge is 0.328 e. The minimum Gasteiger partial charge on any atom is -0.328 e. The van der Waals surface area contributed by atoms with E-state index in [9.17, 15) is 4.39 Å². The molecule has 2 nitrogen and oxygen atoms in total. The maximum atomic E-state index is 13.1. The van der Waals surface area contributed by atoms with Crippen LogP contribution in [0.5, 0.6) is 0 Å². The standard InChI is InChI=1S/C13H18ClFN2.ClH/c1-9(17-6-4-11(16)5-7-17)10-2-3-13(15)12(14)8-10;/h2-3,8-9,11H,4-7,16H2,1H3;1H. The van der Waals surface area contributed by atoms with Gasteiger partial charge in [0.1, 0.15) is 5.82 Å². The highest BCUT2D eigenvalue weighted by molar-refractivity contribution is 6.30. The van der Waals surface area contributed by atoms with Crippen LogP contribution in [-0.2, 0) is 0 Å². The number of halogens is 3. The molecule has 1 aromatic carbocycles. The van der Waals surface area contributed by atoms with Gasteiger partial charge in [0.2, 0.25) is 0 Å². The van der Waals surface area contributed by atoms with Crippen LogP contribution < -0.4 is 5.73 Å². The van der Waals surface area contributed by atoms with Gasteiger partial charge >= 0.3 is 0 Å². The smallest absolute Gasteiger partial charge is 0.141 e. The summed E-state index contributed by atoms with van der Waals surface area (Å²) in [6, 6.07) is 5.55. The third kappa shape index (κ3) is 3.58. The van der Waals surface area contributed by atoms with Crippen molar-refractivity contribution >= 4 is 24.0 Å². The van der Waals surface area contributed by atoms with Crippen LogP contribution in [0, 0.1) is 5.82 Å². The molecule has 1 unspecified atom stereocenters. The molecule has 0 bridgehead atoms. The summed E-state index contributed by atoms with van der Waals surface area (Å²) in [5.41, 5.74) is 6.94. The summed E-state index contributed by atoms with van der Waals surface area (Å²) in [6.45, 7) is 4.12. The van der Waals surface area contributed by atoms with Crippen LogP contribution in [0.25, 0.3) is 0 Å². The van der Waals surface area contributed by atoms with Gasteiger partial charge in [0.15, 0.2) is 0 Å². The molecule has 0 aliphatic carbocycles. The Hall–Kier alpha value is -0.350. The van der Waals surface area contributed by atoms with E-state index < -0.39 is 0 Å². The van der Waals surface area contributed by atoms with Gasteiger partial charge in [-0.05, 0) is 37.5 Å². The van der Waals surface area contributed by atoms with Gasteiger partial charge in [-0.2, -0.15) is 0 Å². The maximum absolute atomic E-state index is 13.1. The Morgan fingerprint density at radius 2 is 2.00 bits per heavy atom. The van der Waals surface area contributed by atoms with E-state index in [0.717, 1.165) is 31.5 Å². The molecule has 1 aliphatic rings. The molecule has 18 heavy (non-hydrogen) atoms. The third-order valence-corrected chi connectivity index (χ3v) is 3.84. The van der Waals surface area contributed by atoms with Crippen LogP contribution >= 0.6 is 24.0 Å². The number of piperidine rings is 1. The highest BCUT2D eigenvalue weighted by atomic mass is 35.5. The Kier molecular flexibility index (Phi) is 5.86. The Bertz CT molecular complexity index is 393. The van der Waals surface area contributed by atoms with Crippen molar-refractivity contribution in [1.29, 1.82) is 0 Å². The zero-order chi connectivity index (χ0) is 12.4. The molecule has 1 heterocycles. The molecule has 0 aromatic heterocycles. The monoisotopic (exact) mass is 292 g/mol. The van der Waals surface area contributed by atoms with Crippen LogP contribution in [0.4, 0.5) is 4.39 Å². The summed E-state index contributed by atoms with van der Waals surface area (Å²) in [5.74, 6) is -0.358. The van der Waals surface area contributed by atoms with Crippen molar-refractivity contribution in [3.05, 3.63) is 34.6 Å². The van der Waals surface area contributed by atoms with E-state index in [1.54, 1.807) is 12.1 Å². The second kappa shape index (κ2) is 6.71. The van der Waals surface area contributed by atoms with Gasteiger partial charge in [0.25, 0.3) is 0 Å². The molecule has 1 saturated heterocycles. The molecule has 0 radical (unpaired) electrons. The predicted molar refractivity (Wildman–Crippen MR) is 75.9 cm³/mol. The van der Waals surface area contributed by atoms with Crippen LogP contribution in [0.2, 0.25) is 5.02 Å². The zero-order valence-corrected chi connectivity index (χ0v) is 12.0. The second-order valence-corrected chi connectivity index (χ2v) is 5.13. The molecule has 2 rings (SSSR count). The Morgan fingerprint density at radius 1 is 1.39 bits per heavy atom. The third-order valence-electron chi connectivity index (χ3n) is 3.55. The van der Waals surface area contributed by atoms with E-state index in [2.05, 4.69) is 11.8 Å². The molecule has 1 aromatic rings. The summed E-state index contributed by atoms with van der Waals surface area (Å²) in [4.78, 5) is 2.37. The molecular formula is C13H19Cl2FN2. The number of hydrogen-bond acceptors (Lipinski definition) is 2. The van der Waals surface area contributed by atoms with Gasteiger partial charge in [0, 0.05) is 25.2 Å². The Morgan fingerprint density at radius 3 is 2.56 bits per heavy atom. The first-order valence-corrected chi connectivity index (χ1v) is 6.40. The van der Waals surface area contributed by atoms with Crippen LogP contribution in [0.15, 0.2) is 18.2 Å². The summed E-state index contributed by atoms with van der Waals surface area (Å²) in [5, 5.41) is 0.197. The number of likely N-dealkylation sites (tertiary alicyclic amines) is 1. The number of benzene rings is 1. The average Bonchev–Trinajstić information content (AvgIpc) is 2.33. The average molecular weight is 293 g/mol. The molecule has 0 amide bonds. The second-order valence-electron chi connectivity index (χ2n) is 4.72.